The predicted octanol–water partition coefficient (Wildman–Crippen LogP) is 2.72. The number of nitrogens with two attached hydrogens (primary N) is 1. The molecular weight excluding hydrogens is 262 g/mol. The molecule has 21 heavy (non-hydrogen) atoms. The second-order valence-corrected chi connectivity index (χ2v) is 6.69. The van der Waals surface area contributed by atoms with Crippen molar-refractivity contribution < 1.29 is 0 Å². The first-order valence-electron chi connectivity index (χ1n) is 7.64. The maximum Gasteiger partial charge on any atom is 0.178 e. The lowest BCUT2D eigenvalue weighted by atomic mass is 9.74. The topological polar surface area (TPSA) is 69.6 Å². The summed E-state index contributed by atoms with van der Waals surface area (Å²) in [4.78, 5) is 9.32. The van der Waals surface area contributed by atoms with Crippen molar-refractivity contribution in [3.05, 3.63) is 29.7 Å². The van der Waals surface area contributed by atoms with Crippen molar-refractivity contribution in [2.24, 2.45) is 11.1 Å². The third-order valence-corrected chi connectivity index (χ3v) is 4.10. The maximum atomic E-state index is 6.27. The quantitative estimate of drug-likeness (QED) is 0.941. The minimum Gasteiger partial charge on any atom is -0.324 e. The standard InChI is InChI=1S/C16H23N5/c1-4-7-21-14(5-6-19-21)15-18-10-11-12(17)8-16(2,3)9-13(11)20-15/h5-6,10,12H,4,7-9,17H2,1-3H3. The average molecular weight is 285 g/mol. The lowest BCUT2D eigenvalue weighted by molar-refractivity contribution is 0.278. The van der Waals surface area contributed by atoms with Crippen LogP contribution in [0.1, 0.15) is 50.9 Å². The van der Waals surface area contributed by atoms with Crippen LogP contribution >= 0.6 is 0 Å². The third-order valence-electron chi connectivity index (χ3n) is 4.10. The zero-order chi connectivity index (χ0) is 15.0. The molecule has 2 aromatic heterocycles. The monoisotopic (exact) mass is 285 g/mol. The van der Waals surface area contributed by atoms with Crippen molar-refractivity contribution in [2.45, 2.75) is 52.6 Å². The van der Waals surface area contributed by atoms with Crippen molar-refractivity contribution in [3.8, 4) is 11.5 Å². The first kappa shape index (κ1) is 14.2. The summed E-state index contributed by atoms with van der Waals surface area (Å²) < 4.78 is 1.97. The van der Waals surface area contributed by atoms with Crippen LogP contribution in [0.15, 0.2) is 18.5 Å². The van der Waals surface area contributed by atoms with Gasteiger partial charge >= 0.3 is 0 Å². The van der Waals surface area contributed by atoms with Gasteiger partial charge in [0, 0.05) is 36.2 Å². The van der Waals surface area contributed by atoms with Gasteiger partial charge in [-0.25, -0.2) is 9.97 Å². The molecule has 112 valence electrons. The van der Waals surface area contributed by atoms with Gasteiger partial charge in [0.1, 0.15) is 5.69 Å². The van der Waals surface area contributed by atoms with Crippen molar-refractivity contribution in [3.63, 3.8) is 0 Å². The average Bonchev–Trinajstić information content (AvgIpc) is 2.85. The molecule has 0 aliphatic heterocycles. The normalized spacial score (nSPS) is 20.3. The van der Waals surface area contributed by atoms with E-state index in [9.17, 15) is 0 Å². The van der Waals surface area contributed by atoms with Gasteiger partial charge in [0.2, 0.25) is 0 Å². The smallest absolute Gasteiger partial charge is 0.178 e. The van der Waals surface area contributed by atoms with Crippen LogP contribution in [0.4, 0.5) is 0 Å². The molecule has 2 heterocycles. The molecule has 1 atom stereocenters. The predicted molar refractivity (Wildman–Crippen MR) is 82.6 cm³/mol. The molecular formula is C16H23N5. The first-order chi connectivity index (χ1) is 10.00. The summed E-state index contributed by atoms with van der Waals surface area (Å²) in [5.74, 6) is 0.754. The fourth-order valence-corrected chi connectivity index (χ4v) is 3.14. The highest BCUT2D eigenvalue weighted by atomic mass is 15.3. The molecule has 0 fully saturated rings. The van der Waals surface area contributed by atoms with E-state index in [0.29, 0.717) is 0 Å². The van der Waals surface area contributed by atoms with E-state index in [-0.39, 0.29) is 11.5 Å². The van der Waals surface area contributed by atoms with Gasteiger partial charge in [0.15, 0.2) is 5.82 Å². The lowest BCUT2D eigenvalue weighted by Gasteiger charge is -2.34. The Morgan fingerprint density at radius 2 is 2.24 bits per heavy atom. The molecule has 0 amide bonds. The summed E-state index contributed by atoms with van der Waals surface area (Å²) >= 11 is 0. The highest BCUT2D eigenvalue weighted by Gasteiger charge is 2.32. The second-order valence-electron chi connectivity index (χ2n) is 6.69. The molecule has 3 rings (SSSR count). The largest absolute Gasteiger partial charge is 0.324 e. The second kappa shape index (κ2) is 5.22. The zero-order valence-electron chi connectivity index (χ0n) is 13.0. The van der Waals surface area contributed by atoms with Crippen LogP contribution in [0.25, 0.3) is 11.5 Å². The number of fused-ring (bicyclic) bond motifs is 1. The van der Waals surface area contributed by atoms with Crippen molar-refractivity contribution in [1.82, 2.24) is 19.7 Å². The van der Waals surface area contributed by atoms with E-state index in [0.717, 1.165) is 48.6 Å². The Morgan fingerprint density at radius 3 is 3.00 bits per heavy atom. The molecule has 1 aliphatic carbocycles. The maximum absolute atomic E-state index is 6.27. The highest BCUT2D eigenvalue weighted by molar-refractivity contribution is 5.50. The molecule has 0 radical (unpaired) electrons. The van der Waals surface area contributed by atoms with E-state index in [2.05, 4.69) is 30.9 Å². The van der Waals surface area contributed by atoms with Gasteiger partial charge in [-0.1, -0.05) is 20.8 Å². The lowest BCUT2D eigenvalue weighted by Crippen LogP contribution is -2.30. The summed E-state index contributed by atoms with van der Waals surface area (Å²) in [5.41, 5.74) is 9.64. The molecule has 2 N–H and O–H groups in total. The molecule has 1 aliphatic rings. The Bertz CT molecular complexity index is 644. The number of aromatic nitrogens is 4. The van der Waals surface area contributed by atoms with Gasteiger partial charge in [-0.2, -0.15) is 5.10 Å². The van der Waals surface area contributed by atoms with Gasteiger partial charge in [0.25, 0.3) is 0 Å². The highest BCUT2D eigenvalue weighted by Crippen LogP contribution is 2.38. The fraction of sp³-hybridized carbons (Fsp3) is 0.562. The van der Waals surface area contributed by atoms with Crippen molar-refractivity contribution in [2.75, 3.05) is 0 Å². The SMILES string of the molecule is CCCn1nccc1-c1ncc2c(n1)CC(C)(C)CC2N. The number of hydrogen-bond acceptors (Lipinski definition) is 4. The molecule has 5 nitrogen and oxygen atoms in total. The first-order valence-corrected chi connectivity index (χ1v) is 7.64. The van der Waals surface area contributed by atoms with Gasteiger partial charge in [0.05, 0.1) is 0 Å². The molecule has 2 aromatic rings. The molecule has 0 bridgehead atoms. The third kappa shape index (κ3) is 2.70. The fourth-order valence-electron chi connectivity index (χ4n) is 3.14. The van der Waals surface area contributed by atoms with Crippen LogP contribution in [-0.4, -0.2) is 19.7 Å². The Morgan fingerprint density at radius 1 is 1.43 bits per heavy atom. The van der Waals surface area contributed by atoms with E-state index < -0.39 is 0 Å². The van der Waals surface area contributed by atoms with E-state index in [1.165, 1.54) is 0 Å². The van der Waals surface area contributed by atoms with E-state index in [4.69, 9.17) is 10.7 Å². The Balaban J connectivity index is 2.01. The van der Waals surface area contributed by atoms with Crippen LogP contribution < -0.4 is 5.73 Å². The van der Waals surface area contributed by atoms with Crippen LogP contribution in [-0.2, 0) is 13.0 Å². The van der Waals surface area contributed by atoms with Crippen molar-refractivity contribution in [1.29, 1.82) is 0 Å². The van der Waals surface area contributed by atoms with Gasteiger partial charge in [-0.3, -0.25) is 4.68 Å². The molecule has 5 heteroatoms. The van der Waals surface area contributed by atoms with Crippen LogP contribution in [0.5, 0.6) is 0 Å². The molecule has 0 saturated carbocycles. The van der Waals surface area contributed by atoms with Gasteiger partial charge < -0.3 is 5.73 Å². The molecule has 0 saturated heterocycles. The Hall–Kier alpha value is -1.75. The number of nitrogens with zero attached hydrogens (tertiary/aromatic N) is 4. The number of aryl methyl sites for hydroxylation is 1. The van der Waals surface area contributed by atoms with E-state index in [1.807, 2.05) is 23.1 Å². The van der Waals surface area contributed by atoms with E-state index in [1.54, 1.807) is 0 Å². The Kier molecular flexibility index (Phi) is 3.53. The summed E-state index contributed by atoms with van der Waals surface area (Å²) in [6.45, 7) is 7.52. The van der Waals surface area contributed by atoms with Crippen LogP contribution in [0, 0.1) is 5.41 Å². The van der Waals surface area contributed by atoms with Crippen LogP contribution in [0.3, 0.4) is 0 Å². The summed E-state index contributed by atoms with van der Waals surface area (Å²) in [6, 6.07) is 2.02. The number of rotatable bonds is 3. The van der Waals surface area contributed by atoms with Gasteiger partial charge in [-0.15, -0.1) is 0 Å². The van der Waals surface area contributed by atoms with Crippen molar-refractivity contribution >= 4 is 0 Å². The minimum atomic E-state index is 0.0401. The number of hydrogen-bond donors (Lipinski definition) is 1. The molecule has 0 spiro atoms. The van der Waals surface area contributed by atoms with E-state index >= 15 is 0 Å². The Labute approximate surface area is 125 Å². The van der Waals surface area contributed by atoms with Gasteiger partial charge in [-0.05, 0) is 30.7 Å². The summed E-state index contributed by atoms with van der Waals surface area (Å²) in [5, 5.41) is 4.35. The van der Waals surface area contributed by atoms with Crippen LogP contribution in [0.2, 0.25) is 0 Å². The minimum absolute atomic E-state index is 0.0401. The zero-order valence-corrected chi connectivity index (χ0v) is 13.0. The molecule has 1 unspecified atom stereocenters. The molecule has 0 aromatic carbocycles. The summed E-state index contributed by atoms with van der Waals surface area (Å²) in [6.07, 6.45) is 6.69. The summed E-state index contributed by atoms with van der Waals surface area (Å²) in [7, 11) is 0.